The zero-order valence-electron chi connectivity index (χ0n) is 10.9. The lowest BCUT2D eigenvalue weighted by atomic mass is 10.1. The van der Waals surface area contributed by atoms with E-state index in [0.29, 0.717) is 0 Å². The summed E-state index contributed by atoms with van der Waals surface area (Å²) in [5.41, 5.74) is 2.14. The SMILES string of the molecule is CN(C)CC1OCCn2nc3cnccc3c21.Cl.Cl. The molecule has 0 saturated heterocycles. The van der Waals surface area contributed by atoms with Crippen molar-refractivity contribution in [1.29, 1.82) is 0 Å². The van der Waals surface area contributed by atoms with Crippen molar-refractivity contribution < 1.29 is 4.74 Å². The van der Waals surface area contributed by atoms with E-state index in [0.717, 1.165) is 30.6 Å². The fraction of sp³-hybridized carbons (Fsp3) is 0.500. The van der Waals surface area contributed by atoms with E-state index in [-0.39, 0.29) is 30.9 Å². The monoisotopic (exact) mass is 304 g/mol. The number of fused-ring (bicyclic) bond motifs is 3. The summed E-state index contributed by atoms with van der Waals surface area (Å²) >= 11 is 0. The Morgan fingerprint density at radius 3 is 2.95 bits per heavy atom. The van der Waals surface area contributed by atoms with Crippen LogP contribution in [-0.2, 0) is 11.3 Å². The molecule has 0 spiro atoms. The lowest BCUT2D eigenvalue weighted by Crippen LogP contribution is -2.29. The number of hydrogen-bond acceptors (Lipinski definition) is 4. The third kappa shape index (κ3) is 3.00. The molecular formula is C12H18Cl2N4O. The van der Waals surface area contributed by atoms with Crippen LogP contribution in [0.1, 0.15) is 11.8 Å². The van der Waals surface area contributed by atoms with Gasteiger partial charge in [0, 0.05) is 18.1 Å². The van der Waals surface area contributed by atoms with Crippen LogP contribution in [0.3, 0.4) is 0 Å². The van der Waals surface area contributed by atoms with Gasteiger partial charge in [-0.2, -0.15) is 5.10 Å². The fourth-order valence-corrected chi connectivity index (χ4v) is 2.35. The van der Waals surface area contributed by atoms with E-state index in [1.54, 1.807) is 0 Å². The van der Waals surface area contributed by atoms with Crippen molar-refractivity contribution in [2.45, 2.75) is 12.6 Å². The Bertz CT molecular complexity index is 544. The summed E-state index contributed by atoms with van der Waals surface area (Å²) in [5.74, 6) is 0. The molecule has 1 aliphatic rings. The third-order valence-corrected chi connectivity index (χ3v) is 3.04. The zero-order valence-corrected chi connectivity index (χ0v) is 12.6. The highest BCUT2D eigenvalue weighted by Gasteiger charge is 2.25. The molecule has 2 aromatic heterocycles. The topological polar surface area (TPSA) is 43.2 Å². The van der Waals surface area contributed by atoms with Crippen LogP contribution < -0.4 is 0 Å². The molecule has 0 aromatic carbocycles. The number of aromatic nitrogens is 3. The van der Waals surface area contributed by atoms with Crippen molar-refractivity contribution in [3.05, 3.63) is 24.2 Å². The Labute approximate surface area is 124 Å². The summed E-state index contributed by atoms with van der Waals surface area (Å²) in [6.07, 6.45) is 3.73. The van der Waals surface area contributed by atoms with E-state index in [2.05, 4.69) is 33.8 Å². The smallest absolute Gasteiger partial charge is 0.112 e. The number of likely N-dealkylation sites (N-methyl/N-ethyl adjacent to an activating group) is 1. The van der Waals surface area contributed by atoms with Crippen LogP contribution in [0.5, 0.6) is 0 Å². The van der Waals surface area contributed by atoms with E-state index in [4.69, 9.17) is 4.74 Å². The molecule has 0 fully saturated rings. The van der Waals surface area contributed by atoms with Crippen molar-refractivity contribution in [2.24, 2.45) is 0 Å². The Morgan fingerprint density at radius 2 is 2.21 bits per heavy atom. The molecule has 1 unspecified atom stereocenters. The lowest BCUT2D eigenvalue weighted by Gasteiger charge is -2.27. The molecule has 0 N–H and O–H groups in total. The minimum atomic E-state index is 0. The van der Waals surface area contributed by atoms with Crippen molar-refractivity contribution >= 4 is 35.7 Å². The molecule has 1 atom stereocenters. The number of pyridine rings is 1. The van der Waals surface area contributed by atoms with Crippen LogP contribution in [0.15, 0.2) is 18.5 Å². The zero-order chi connectivity index (χ0) is 11.8. The average molecular weight is 305 g/mol. The molecule has 1 aliphatic heterocycles. The van der Waals surface area contributed by atoms with Crippen LogP contribution in [0, 0.1) is 0 Å². The molecular weight excluding hydrogens is 287 g/mol. The van der Waals surface area contributed by atoms with Crippen molar-refractivity contribution in [2.75, 3.05) is 27.2 Å². The van der Waals surface area contributed by atoms with Crippen molar-refractivity contribution in [1.82, 2.24) is 19.7 Å². The van der Waals surface area contributed by atoms with E-state index in [9.17, 15) is 0 Å². The molecule has 2 aromatic rings. The van der Waals surface area contributed by atoms with E-state index >= 15 is 0 Å². The van der Waals surface area contributed by atoms with Crippen LogP contribution in [0.25, 0.3) is 10.9 Å². The maximum atomic E-state index is 5.86. The van der Waals surface area contributed by atoms with E-state index in [1.807, 2.05) is 18.5 Å². The molecule has 0 saturated carbocycles. The molecule has 7 heteroatoms. The van der Waals surface area contributed by atoms with Crippen LogP contribution in [0.4, 0.5) is 0 Å². The van der Waals surface area contributed by atoms with Gasteiger partial charge in [-0.05, 0) is 20.2 Å². The van der Waals surface area contributed by atoms with Crippen LogP contribution >= 0.6 is 24.8 Å². The molecule has 0 amide bonds. The highest BCUT2D eigenvalue weighted by Crippen LogP contribution is 2.29. The summed E-state index contributed by atoms with van der Waals surface area (Å²) in [7, 11) is 4.12. The maximum absolute atomic E-state index is 5.86. The van der Waals surface area contributed by atoms with E-state index in [1.165, 1.54) is 5.69 Å². The normalized spacial score (nSPS) is 17.7. The highest BCUT2D eigenvalue weighted by atomic mass is 35.5. The Hall–Kier alpha value is -0.880. The molecule has 106 valence electrons. The van der Waals surface area contributed by atoms with Crippen LogP contribution in [0.2, 0.25) is 0 Å². The lowest BCUT2D eigenvalue weighted by molar-refractivity contribution is 0.00345. The molecule has 0 radical (unpaired) electrons. The summed E-state index contributed by atoms with van der Waals surface area (Å²) in [6.45, 7) is 2.43. The minimum absolute atomic E-state index is 0. The number of ether oxygens (including phenoxy) is 1. The summed E-state index contributed by atoms with van der Waals surface area (Å²) in [4.78, 5) is 6.25. The number of halogens is 2. The molecule has 3 rings (SSSR count). The first kappa shape index (κ1) is 16.2. The molecule has 3 heterocycles. The van der Waals surface area contributed by atoms with Gasteiger partial charge in [-0.3, -0.25) is 9.67 Å². The second kappa shape index (κ2) is 6.52. The third-order valence-electron chi connectivity index (χ3n) is 3.04. The Kier molecular flexibility index (Phi) is 5.55. The first-order chi connectivity index (χ1) is 8.25. The van der Waals surface area contributed by atoms with Gasteiger partial charge < -0.3 is 9.64 Å². The van der Waals surface area contributed by atoms with Gasteiger partial charge in [0.25, 0.3) is 0 Å². The van der Waals surface area contributed by atoms with Gasteiger partial charge in [0.2, 0.25) is 0 Å². The summed E-state index contributed by atoms with van der Waals surface area (Å²) in [5, 5.41) is 5.73. The predicted octanol–water partition coefficient (Wildman–Crippen LogP) is 1.91. The van der Waals surface area contributed by atoms with E-state index < -0.39 is 0 Å². The molecule has 19 heavy (non-hydrogen) atoms. The Morgan fingerprint density at radius 1 is 1.42 bits per heavy atom. The van der Waals surface area contributed by atoms with Gasteiger partial charge in [0.1, 0.15) is 11.6 Å². The van der Waals surface area contributed by atoms with Gasteiger partial charge in [0.05, 0.1) is 25.0 Å². The second-order valence-corrected chi connectivity index (χ2v) is 4.62. The fourth-order valence-electron chi connectivity index (χ4n) is 2.35. The molecule has 5 nitrogen and oxygen atoms in total. The number of hydrogen-bond donors (Lipinski definition) is 0. The van der Waals surface area contributed by atoms with Gasteiger partial charge in [-0.1, -0.05) is 0 Å². The second-order valence-electron chi connectivity index (χ2n) is 4.62. The first-order valence-electron chi connectivity index (χ1n) is 5.82. The maximum Gasteiger partial charge on any atom is 0.112 e. The van der Waals surface area contributed by atoms with Crippen LogP contribution in [-0.4, -0.2) is 46.9 Å². The standard InChI is InChI=1S/C12H16N4O.2ClH/c1-15(2)8-11-12-9-3-4-13-7-10(9)14-16(12)5-6-17-11;;/h3-4,7,11H,5-6,8H2,1-2H3;2*1H. The number of nitrogens with zero attached hydrogens (tertiary/aromatic N) is 4. The van der Waals surface area contributed by atoms with Gasteiger partial charge in [0.15, 0.2) is 0 Å². The van der Waals surface area contributed by atoms with Gasteiger partial charge >= 0.3 is 0 Å². The van der Waals surface area contributed by atoms with Crippen molar-refractivity contribution in [3.63, 3.8) is 0 Å². The quantitative estimate of drug-likeness (QED) is 0.850. The molecule has 0 bridgehead atoms. The number of rotatable bonds is 2. The first-order valence-corrected chi connectivity index (χ1v) is 5.82. The van der Waals surface area contributed by atoms with Gasteiger partial charge in [-0.15, -0.1) is 24.8 Å². The summed E-state index contributed by atoms with van der Waals surface area (Å²) in [6, 6.07) is 2.02. The van der Waals surface area contributed by atoms with Gasteiger partial charge in [-0.25, -0.2) is 0 Å². The Balaban J connectivity index is 0.000000902. The summed E-state index contributed by atoms with van der Waals surface area (Å²) < 4.78 is 7.92. The molecule has 0 aliphatic carbocycles. The largest absolute Gasteiger partial charge is 0.369 e. The predicted molar refractivity (Wildman–Crippen MR) is 79.3 cm³/mol. The highest BCUT2D eigenvalue weighted by molar-refractivity contribution is 5.85. The minimum Gasteiger partial charge on any atom is -0.369 e. The average Bonchev–Trinajstić information content (AvgIpc) is 2.67. The van der Waals surface area contributed by atoms with Crippen molar-refractivity contribution in [3.8, 4) is 0 Å².